The van der Waals surface area contributed by atoms with E-state index in [4.69, 9.17) is 0 Å². The Morgan fingerprint density at radius 1 is 1.00 bits per heavy atom. The molecule has 34 heavy (non-hydrogen) atoms. The van der Waals surface area contributed by atoms with Crippen LogP contribution in [0.15, 0.2) is 50.9 Å². The average molecular weight is 485 g/mol. The highest BCUT2D eigenvalue weighted by molar-refractivity contribution is 7.92. The maximum atomic E-state index is 13.2. The molecule has 2 heterocycles. The summed E-state index contributed by atoms with van der Waals surface area (Å²) in [4.78, 5) is 40.0. The molecular formula is C24H28N4O5S. The molecule has 1 N–H and O–H groups in total. The first-order valence-electron chi connectivity index (χ1n) is 11.2. The second-order valence-corrected chi connectivity index (χ2v) is 10.4. The number of benzene rings is 2. The van der Waals surface area contributed by atoms with Crippen molar-refractivity contribution in [2.24, 2.45) is 7.05 Å². The Kier molecular flexibility index (Phi) is 6.35. The van der Waals surface area contributed by atoms with Gasteiger partial charge in [0.05, 0.1) is 15.8 Å². The Hall–Kier alpha value is -3.40. The number of aromatic nitrogens is 2. The Labute approximate surface area is 197 Å². The summed E-state index contributed by atoms with van der Waals surface area (Å²) in [5.41, 5.74) is 1.56. The third-order valence-electron chi connectivity index (χ3n) is 6.40. The molecule has 0 radical (unpaired) electrons. The Morgan fingerprint density at radius 3 is 2.38 bits per heavy atom. The van der Waals surface area contributed by atoms with E-state index in [-0.39, 0.29) is 29.2 Å². The maximum Gasteiger partial charge on any atom is 0.331 e. The molecular weight excluding hydrogens is 456 g/mol. The Balaban J connectivity index is 1.69. The summed E-state index contributed by atoms with van der Waals surface area (Å²) >= 11 is 0. The number of fused-ring (bicyclic) bond motifs is 1. The minimum atomic E-state index is -3.97. The van der Waals surface area contributed by atoms with Gasteiger partial charge in [0.2, 0.25) is 5.91 Å². The number of nitrogens with one attached hydrogen (secondary N) is 1. The van der Waals surface area contributed by atoms with Crippen LogP contribution in [0.5, 0.6) is 0 Å². The number of carbonyl (C=O) groups excluding carboxylic acids is 1. The molecule has 180 valence electrons. The van der Waals surface area contributed by atoms with Gasteiger partial charge >= 0.3 is 5.69 Å². The Morgan fingerprint density at radius 2 is 1.71 bits per heavy atom. The lowest BCUT2D eigenvalue weighted by atomic mass is 10.1. The lowest BCUT2D eigenvalue weighted by molar-refractivity contribution is -0.130. The Bertz CT molecular complexity index is 1500. The van der Waals surface area contributed by atoms with Crippen LogP contribution in [0.2, 0.25) is 0 Å². The highest BCUT2D eigenvalue weighted by atomic mass is 32.2. The van der Waals surface area contributed by atoms with Crippen molar-refractivity contribution in [2.75, 3.05) is 17.8 Å². The number of hydrogen-bond donors (Lipinski definition) is 1. The lowest BCUT2D eigenvalue weighted by Crippen LogP contribution is -2.40. The van der Waals surface area contributed by atoms with Crippen LogP contribution in [-0.4, -0.2) is 41.4 Å². The summed E-state index contributed by atoms with van der Waals surface area (Å²) in [6, 6.07) is 9.33. The van der Waals surface area contributed by atoms with Crippen molar-refractivity contribution in [1.82, 2.24) is 14.0 Å². The highest BCUT2D eigenvalue weighted by Crippen LogP contribution is 2.21. The minimum Gasteiger partial charge on any atom is -0.343 e. The van der Waals surface area contributed by atoms with Crippen molar-refractivity contribution in [3.05, 3.63) is 68.4 Å². The zero-order chi connectivity index (χ0) is 24.6. The first-order chi connectivity index (χ1) is 16.1. The number of rotatable bonds is 6. The molecule has 0 bridgehead atoms. The lowest BCUT2D eigenvalue weighted by Gasteiger charge is -2.16. The van der Waals surface area contributed by atoms with Crippen LogP contribution in [0.1, 0.15) is 30.4 Å². The van der Waals surface area contributed by atoms with E-state index in [0.29, 0.717) is 24.3 Å². The number of aryl methyl sites for hydroxylation is 3. The topological polar surface area (TPSA) is 110 Å². The molecule has 10 heteroatoms. The molecule has 0 saturated carbocycles. The highest BCUT2D eigenvalue weighted by Gasteiger charge is 2.21. The van der Waals surface area contributed by atoms with Crippen molar-refractivity contribution in [2.45, 2.75) is 44.6 Å². The van der Waals surface area contributed by atoms with Crippen LogP contribution < -0.4 is 16.0 Å². The van der Waals surface area contributed by atoms with Gasteiger partial charge in [-0.05, 0) is 68.1 Å². The smallest absolute Gasteiger partial charge is 0.331 e. The molecule has 0 aliphatic carbocycles. The molecule has 4 rings (SSSR count). The van der Waals surface area contributed by atoms with Gasteiger partial charge in [0, 0.05) is 38.8 Å². The number of sulfonamides is 1. The molecule has 1 aliphatic rings. The standard InChI is InChI=1S/C24H28N4O5S/c1-16-6-7-18(14-17(16)2)25-34(32,33)19-8-9-21-20(15-19)23(30)28(24(31)26(21)3)13-10-22(29)27-11-4-5-12-27/h6-9,14-15,25H,4-5,10-13H2,1-3H3. The second kappa shape index (κ2) is 9.09. The number of hydrogen-bond acceptors (Lipinski definition) is 5. The number of amides is 1. The molecule has 2 aromatic carbocycles. The molecule has 0 unspecified atom stereocenters. The van der Waals surface area contributed by atoms with Gasteiger partial charge in [-0.15, -0.1) is 0 Å². The van der Waals surface area contributed by atoms with E-state index in [1.54, 1.807) is 17.0 Å². The van der Waals surface area contributed by atoms with E-state index in [2.05, 4.69) is 4.72 Å². The first kappa shape index (κ1) is 23.7. The minimum absolute atomic E-state index is 0.0347. The summed E-state index contributed by atoms with van der Waals surface area (Å²) in [5, 5.41) is 0.0960. The number of anilines is 1. The van der Waals surface area contributed by atoms with Gasteiger partial charge in [-0.1, -0.05) is 6.07 Å². The molecule has 1 fully saturated rings. The fourth-order valence-corrected chi connectivity index (χ4v) is 5.29. The normalized spacial score (nSPS) is 14.0. The van der Waals surface area contributed by atoms with Crippen LogP contribution in [-0.2, 0) is 28.4 Å². The molecule has 3 aromatic rings. The third-order valence-corrected chi connectivity index (χ3v) is 7.78. The van der Waals surface area contributed by atoms with Crippen molar-refractivity contribution in [3.63, 3.8) is 0 Å². The van der Waals surface area contributed by atoms with Gasteiger partial charge in [-0.3, -0.25) is 23.4 Å². The van der Waals surface area contributed by atoms with Crippen molar-refractivity contribution in [1.29, 1.82) is 0 Å². The van der Waals surface area contributed by atoms with Crippen LogP contribution in [0.25, 0.3) is 10.9 Å². The van der Waals surface area contributed by atoms with Crippen molar-refractivity contribution in [3.8, 4) is 0 Å². The van der Waals surface area contributed by atoms with Gasteiger partial charge in [-0.25, -0.2) is 13.2 Å². The van der Waals surface area contributed by atoms with Gasteiger partial charge < -0.3 is 4.90 Å². The first-order valence-corrected chi connectivity index (χ1v) is 12.7. The van der Waals surface area contributed by atoms with Crippen molar-refractivity contribution >= 4 is 32.5 Å². The van der Waals surface area contributed by atoms with Crippen LogP contribution in [0, 0.1) is 13.8 Å². The largest absolute Gasteiger partial charge is 0.343 e. The van der Waals surface area contributed by atoms with Crippen LogP contribution in [0.4, 0.5) is 5.69 Å². The summed E-state index contributed by atoms with van der Waals surface area (Å²) in [5.74, 6) is -0.0968. The molecule has 0 atom stereocenters. The van der Waals surface area contributed by atoms with Gasteiger partial charge in [0.15, 0.2) is 0 Å². The number of carbonyl (C=O) groups is 1. The molecule has 0 spiro atoms. The van der Waals surface area contributed by atoms with E-state index in [1.165, 1.54) is 29.8 Å². The van der Waals surface area contributed by atoms with Crippen LogP contribution in [0.3, 0.4) is 0 Å². The molecule has 1 aliphatic heterocycles. The molecule has 1 amide bonds. The summed E-state index contributed by atoms with van der Waals surface area (Å²) in [7, 11) is -2.45. The van der Waals surface area contributed by atoms with E-state index in [1.807, 2.05) is 19.9 Å². The quantitative estimate of drug-likeness (QED) is 0.576. The average Bonchev–Trinajstić information content (AvgIpc) is 3.34. The summed E-state index contributed by atoms with van der Waals surface area (Å²) in [6.45, 7) is 5.15. The van der Waals surface area contributed by atoms with Gasteiger partial charge in [0.1, 0.15) is 0 Å². The predicted molar refractivity (Wildman–Crippen MR) is 131 cm³/mol. The van der Waals surface area contributed by atoms with Crippen LogP contribution >= 0.6 is 0 Å². The molecule has 1 aromatic heterocycles. The fraction of sp³-hybridized carbons (Fsp3) is 0.375. The van der Waals surface area contributed by atoms with E-state index >= 15 is 0 Å². The van der Waals surface area contributed by atoms with Crippen molar-refractivity contribution < 1.29 is 13.2 Å². The second-order valence-electron chi connectivity index (χ2n) is 8.72. The van der Waals surface area contributed by atoms with E-state index < -0.39 is 21.3 Å². The van der Waals surface area contributed by atoms with E-state index in [9.17, 15) is 22.8 Å². The number of nitrogens with zero attached hydrogens (tertiary/aromatic N) is 3. The molecule has 1 saturated heterocycles. The maximum absolute atomic E-state index is 13.2. The zero-order valence-corrected chi connectivity index (χ0v) is 20.3. The SMILES string of the molecule is Cc1ccc(NS(=O)(=O)c2ccc3c(c2)c(=O)n(CCC(=O)N2CCCC2)c(=O)n3C)cc1C. The molecule has 9 nitrogen and oxygen atoms in total. The summed E-state index contributed by atoms with van der Waals surface area (Å²) < 4.78 is 30.9. The van der Waals surface area contributed by atoms with Gasteiger partial charge in [-0.2, -0.15) is 0 Å². The fourth-order valence-electron chi connectivity index (χ4n) is 4.21. The van der Waals surface area contributed by atoms with Gasteiger partial charge in [0.25, 0.3) is 15.6 Å². The third kappa shape index (κ3) is 4.50. The van der Waals surface area contributed by atoms with E-state index in [0.717, 1.165) is 28.5 Å². The predicted octanol–water partition coefficient (Wildman–Crippen LogP) is 2.13. The monoisotopic (exact) mass is 484 g/mol. The zero-order valence-electron chi connectivity index (χ0n) is 19.5. The summed E-state index contributed by atoms with van der Waals surface area (Å²) in [6.07, 6.45) is 1.95. The number of likely N-dealkylation sites (tertiary alicyclic amines) is 1.